The average Bonchev–Trinajstić information content (AvgIpc) is 3.13. The van der Waals surface area contributed by atoms with Crippen molar-refractivity contribution in [1.82, 2.24) is 19.3 Å². The molecule has 0 bridgehead atoms. The van der Waals surface area contributed by atoms with E-state index in [-0.39, 0.29) is 23.5 Å². The molecule has 1 N–H and O–H groups in total. The SMILES string of the molecule is Cc1ccc(S(=O)(=O)n2ccc3c(CC[C@H]4CCNCC4(F)F)ncnc32)cc1. The van der Waals surface area contributed by atoms with Crippen LogP contribution in [0.2, 0.25) is 0 Å². The van der Waals surface area contributed by atoms with Crippen molar-refractivity contribution in [3.63, 3.8) is 0 Å². The molecule has 0 unspecified atom stereocenters. The lowest BCUT2D eigenvalue weighted by molar-refractivity contribution is -0.0757. The Kier molecular flexibility index (Phi) is 5.12. The molecule has 1 aliphatic heterocycles. The number of aromatic nitrogens is 3. The van der Waals surface area contributed by atoms with Gasteiger partial charge in [-0.1, -0.05) is 17.7 Å². The lowest BCUT2D eigenvalue weighted by atomic mass is 9.89. The predicted molar refractivity (Wildman–Crippen MR) is 106 cm³/mol. The van der Waals surface area contributed by atoms with Crippen LogP contribution in [-0.2, 0) is 16.4 Å². The highest BCUT2D eigenvalue weighted by atomic mass is 32.2. The van der Waals surface area contributed by atoms with E-state index in [1.54, 1.807) is 30.3 Å². The summed E-state index contributed by atoms with van der Waals surface area (Å²) in [6.07, 6.45) is 3.77. The second kappa shape index (κ2) is 7.46. The molecule has 1 fully saturated rings. The number of rotatable bonds is 5. The summed E-state index contributed by atoms with van der Waals surface area (Å²) in [6.45, 7) is 2.15. The van der Waals surface area contributed by atoms with Gasteiger partial charge in [-0.2, -0.15) is 0 Å². The second-order valence-electron chi connectivity index (χ2n) is 7.45. The van der Waals surface area contributed by atoms with Crippen LogP contribution in [0.3, 0.4) is 0 Å². The van der Waals surface area contributed by atoms with Gasteiger partial charge in [-0.15, -0.1) is 0 Å². The molecule has 6 nitrogen and oxygen atoms in total. The van der Waals surface area contributed by atoms with Gasteiger partial charge in [0.15, 0.2) is 5.65 Å². The van der Waals surface area contributed by atoms with E-state index in [1.807, 2.05) is 6.92 Å². The van der Waals surface area contributed by atoms with Crippen molar-refractivity contribution >= 4 is 21.1 Å². The Balaban J connectivity index is 1.64. The van der Waals surface area contributed by atoms with Crippen molar-refractivity contribution in [2.75, 3.05) is 13.1 Å². The molecule has 3 aromatic rings. The van der Waals surface area contributed by atoms with Crippen molar-refractivity contribution in [3.8, 4) is 0 Å². The van der Waals surface area contributed by atoms with Crippen LogP contribution >= 0.6 is 0 Å². The van der Waals surface area contributed by atoms with Gasteiger partial charge < -0.3 is 5.32 Å². The van der Waals surface area contributed by atoms with Gasteiger partial charge in [0.25, 0.3) is 15.9 Å². The molecule has 3 heterocycles. The van der Waals surface area contributed by atoms with Gasteiger partial charge in [0.2, 0.25) is 0 Å². The Labute approximate surface area is 168 Å². The topological polar surface area (TPSA) is 76.9 Å². The lowest BCUT2D eigenvalue weighted by Gasteiger charge is -2.31. The summed E-state index contributed by atoms with van der Waals surface area (Å²) in [7, 11) is -3.81. The van der Waals surface area contributed by atoms with E-state index in [2.05, 4.69) is 15.3 Å². The maximum Gasteiger partial charge on any atom is 0.269 e. The van der Waals surface area contributed by atoms with Gasteiger partial charge in [0.05, 0.1) is 17.1 Å². The largest absolute Gasteiger partial charge is 0.311 e. The van der Waals surface area contributed by atoms with E-state index < -0.39 is 21.9 Å². The number of nitrogens with one attached hydrogen (secondary N) is 1. The van der Waals surface area contributed by atoms with Gasteiger partial charge in [0.1, 0.15) is 6.33 Å². The van der Waals surface area contributed by atoms with E-state index in [1.165, 1.54) is 12.5 Å². The second-order valence-corrected chi connectivity index (χ2v) is 9.26. The van der Waals surface area contributed by atoms with Gasteiger partial charge in [0, 0.05) is 17.5 Å². The quantitative estimate of drug-likeness (QED) is 0.686. The summed E-state index contributed by atoms with van der Waals surface area (Å²) in [5.41, 5.74) is 1.80. The zero-order valence-electron chi connectivity index (χ0n) is 16.0. The maximum atomic E-state index is 14.1. The van der Waals surface area contributed by atoms with Crippen LogP contribution in [0.25, 0.3) is 11.0 Å². The van der Waals surface area contributed by atoms with E-state index in [0.717, 1.165) is 9.54 Å². The number of aryl methyl sites for hydroxylation is 2. The van der Waals surface area contributed by atoms with Crippen molar-refractivity contribution in [2.45, 2.75) is 37.0 Å². The average molecular weight is 420 g/mol. The van der Waals surface area contributed by atoms with Crippen LogP contribution < -0.4 is 5.32 Å². The number of hydrogen-bond acceptors (Lipinski definition) is 5. The van der Waals surface area contributed by atoms with Gasteiger partial charge in [-0.05, 0) is 50.9 Å². The number of hydrogen-bond donors (Lipinski definition) is 1. The molecule has 1 aromatic carbocycles. The molecule has 1 atom stereocenters. The minimum atomic E-state index is -3.81. The van der Waals surface area contributed by atoms with Crippen molar-refractivity contribution in [1.29, 1.82) is 0 Å². The molecular formula is C20H22F2N4O2S. The Morgan fingerprint density at radius 3 is 2.69 bits per heavy atom. The third-order valence-corrected chi connectivity index (χ3v) is 7.15. The zero-order valence-corrected chi connectivity index (χ0v) is 16.8. The molecule has 154 valence electrons. The number of piperidine rings is 1. The smallest absolute Gasteiger partial charge is 0.269 e. The first kappa shape index (κ1) is 19.9. The standard InChI is InChI=1S/C20H22F2N4O2S/c1-14-2-5-16(6-3-14)29(27,28)26-11-9-17-18(24-13-25-19(17)26)7-4-15-8-10-23-12-20(15,21)22/h2-3,5-6,9,11,13,15,23H,4,7-8,10,12H2,1H3/t15-/m0/s1. The van der Waals surface area contributed by atoms with Crippen molar-refractivity contribution in [3.05, 3.63) is 54.1 Å². The van der Waals surface area contributed by atoms with Crippen molar-refractivity contribution < 1.29 is 17.2 Å². The minimum absolute atomic E-state index is 0.162. The summed E-state index contributed by atoms with van der Waals surface area (Å²) >= 11 is 0. The molecule has 0 amide bonds. The highest BCUT2D eigenvalue weighted by Crippen LogP contribution is 2.33. The van der Waals surface area contributed by atoms with E-state index in [9.17, 15) is 17.2 Å². The first-order valence-electron chi connectivity index (χ1n) is 9.51. The summed E-state index contributed by atoms with van der Waals surface area (Å²) < 4.78 is 55.3. The van der Waals surface area contributed by atoms with Crippen LogP contribution in [-0.4, -0.2) is 41.4 Å². The summed E-state index contributed by atoms with van der Waals surface area (Å²) in [5, 5.41) is 3.30. The number of halogens is 2. The molecule has 2 aromatic heterocycles. The fourth-order valence-corrected chi connectivity index (χ4v) is 5.05. The highest BCUT2D eigenvalue weighted by molar-refractivity contribution is 7.90. The number of alkyl halides is 2. The third-order valence-electron chi connectivity index (χ3n) is 5.47. The Morgan fingerprint density at radius 1 is 1.21 bits per heavy atom. The molecule has 0 spiro atoms. The van der Waals surface area contributed by atoms with E-state index >= 15 is 0 Å². The molecule has 1 aliphatic rings. The van der Waals surface area contributed by atoms with E-state index in [4.69, 9.17) is 0 Å². The minimum Gasteiger partial charge on any atom is -0.311 e. The number of nitrogens with zero attached hydrogens (tertiary/aromatic N) is 3. The normalized spacial score (nSPS) is 19.5. The molecule has 29 heavy (non-hydrogen) atoms. The molecular weight excluding hydrogens is 398 g/mol. The first-order valence-corrected chi connectivity index (χ1v) is 10.9. The van der Waals surface area contributed by atoms with Crippen LogP contribution in [0.5, 0.6) is 0 Å². The lowest BCUT2D eigenvalue weighted by Crippen LogP contribution is -2.46. The Hall–Kier alpha value is -2.39. The summed E-state index contributed by atoms with van der Waals surface area (Å²) in [5.74, 6) is -3.46. The molecule has 0 saturated carbocycles. The van der Waals surface area contributed by atoms with Gasteiger partial charge >= 0.3 is 0 Å². The third kappa shape index (κ3) is 3.76. The zero-order chi connectivity index (χ0) is 20.6. The first-order chi connectivity index (χ1) is 13.8. The molecule has 1 saturated heterocycles. The molecule has 0 radical (unpaired) electrons. The monoisotopic (exact) mass is 420 g/mol. The Morgan fingerprint density at radius 2 is 1.97 bits per heavy atom. The van der Waals surface area contributed by atoms with Crippen LogP contribution in [0.1, 0.15) is 24.1 Å². The maximum absolute atomic E-state index is 14.1. The molecule has 4 rings (SSSR count). The fraction of sp³-hybridized carbons (Fsp3) is 0.400. The Bertz CT molecular complexity index is 1130. The highest BCUT2D eigenvalue weighted by Gasteiger charge is 2.41. The van der Waals surface area contributed by atoms with Crippen LogP contribution in [0.4, 0.5) is 8.78 Å². The predicted octanol–water partition coefficient (Wildman–Crippen LogP) is 3.15. The summed E-state index contributed by atoms with van der Waals surface area (Å²) in [4.78, 5) is 8.55. The summed E-state index contributed by atoms with van der Waals surface area (Å²) in [6, 6.07) is 8.21. The molecule has 0 aliphatic carbocycles. The van der Waals surface area contributed by atoms with Crippen molar-refractivity contribution in [2.24, 2.45) is 5.92 Å². The number of fused-ring (bicyclic) bond motifs is 1. The molecule has 9 heteroatoms. The van der Waals surface area contributed by atoms with Gasteiger partial charge in [-0.25, -0.2) is 31.1 Å². The van der Waals surface area contributed by atoms with E-state index in [0.29, 0.717) is 30.5 Å². The van der Waals surface area contributed by atoms with Crippen LogP contribution in [0, 0.1) is 12.8 Å². The number of benzene rings is 1. The van der Waals surface area contributed by atoms with Crippen LogP contribution in [0.15, 0.2) is 47.8 Å². The fourth-order valence-electron chi connectivity index (χ4n) is 3.75. The van der Waals surface area contributed by atoms with Gasteiger partial charge in [-0.3, -0.25) is 0 Å².